The van der Waals surface area contributed by atoms with E-state index in [4.69, 9.17) is 21.4 Å². The van der Waals surface area contributed by atoms with Crippen LogP contribution < -0.4 is 10.1 Å². The summed E-state index contributed by atoms with van der Waals surface area (Å²) in [5.74, 6) is -0.733. The van der Waals surface area contributed by atoms with Gasteiger partial charge in [-0.1, -0.05) is 11.6 Å². The highest BCUT2D eigenvalue weighted by Gasteiger charge is 2.28. The van der Waals surface area contributed by atoms with Crippen molar-refractivity contribution in [2.24, 2.45) is 5.92 Å². The van der Waals surface area contributed by atoms with E-state index in [1.165, 1.54) is 18.2 Å². The lowest BCUT2D eigenvalue weighted by atomic mass is 10.2. The van der Waals surface area contributed by atoms with E-state index in [0.717, 1.165) is 12.8 Å². The number of benzene rings is 1. The van der Waals surface area contributed by atoms with Crippen LogP contribution in [0.15, 0.2) is 18.2 Å². The van der Waals surface area contributed by atoms with Gasteiger partial charge in [0.2, 0.25) is 0 Å². The molecular weight excluding hydrogens is 282 g/mol. The number of aromatic carboxylic acids is 1. The largest absolute Gasteiger partial charge is 0.483 e. The highest BCUT2D eigenvalue weighted by molar-refractivity contribution is 6.30. The molecule has 2 rings (SSSR count). The Labute approximate surface area is 121 Å². The Morgan fingerprint density at radius 3 is 2.80 bits per heavy atom. The van der Waals surface area contributed by atoms with E-state index >= 15 is 0 Å². The first-order chi connectivity index (χ1) is 9.47. The third-order valence-corrected chi connectivity index (χ3v) is 3.49. The summed E-state index contributed by atoms with van der Waals surface area (Å²) in [6.07, 6.45) is 2.28. The van der Waals surface area contributed by atoms with Crippen molar-refractivity contribution in [3.05, 3.63) is 28.8 Å². The molecule has 0 radical (unpaired) electrons. The van der Waals surface area contributed by atoms with Gasteiger partial charge in [-0.3, -0.25) is 4.79 Å². The van der Waals surface area contributed by atoms with Crippen molar-refractivity contribution in [1.29, 1.82) is 0 Å². The van der Waals surface area contributed by atoms with Gasteiger partial charge < -0.3 is 15.2 Å². The molecule has 5 nitrogen and oxygen atoms in total. The Balaban J connectivity index is 1.94. The van der Waals surface area contributed by atoms with Crippen LogP contribution in [0.3, 0.4) is 0 Å². The third-order valence-electron chi connectivity index (χ3n) is 3.25. The summed E-state index contributed by atoms with van der Waals surface area (Å²) in [6, 6.07) is 4.34. The molecule has 0 heterocycles. The standard InChI is InChI=1S/C14H16ClNO4/c1-8(9-2-3-9)16-13(17)7-20-12-6-10(15)4-5-11(12)14(18)19/h4-6,8-9H,2-3,7H2,1H3,(H,16,17)(H,18,19)/t8-/m0/s1. The molecular formula is C14H16ClNO4. The molecule has 1 aromatic rings. The van der Waals surface area contributed by atoms with E-state index in [9.17, 15) is 9.59 Å². The van der Waals surface area contributed by atoms with Gasteiger partial charge in [-0.2, -0.15) is 0 Å². The zero-order valence-electron chi connectivity index (χ0n) is 11.1. The van der Waals surface area contributed by atoms with Gasteiger partial charge in [-0.25, -0.2) is 4.79 Å². The van der Waals surface area contributed by atoms with Crippen LogP contribution in [0.4, 0.5) is 0 Å². The molecule has 20 heavy (non-hydrogen) atoms. The van der Waals surface area contributed by atoms with Gasteiger partial charge in [-0.05, 0) is 43.9 Å². The van der Waals surface area contributed by atoms with E-state index < -0.39 is 5.97 Å². The molecule has 1 fully saturated rings. The monoisotopic (exact) mass is 297 g/mol. The first kappa shape index (κ1) is 14.7. The second kappa shape index (κ2) is 6.13. The number of hydrogen-bond acceptors (Lipinski definition) is 3. The third kappa shape index (κ3) is 3.87. The van der Waals surface area contributed by atoms with Gasteiger partial charge in [-0.15, -0.1) is 0 Å². The molecule has 0 unspecified atom stereocenters. The number of carboxylic acid groups (broad SMARTS) is 1. The number of hydrogen-bond donors (Lipinski definition) is 2. The van der Waals surface area contributed by atoms with Crippen molar-refractivity contribution in [1.82, 2.24) is 5.32 Å². The number of amides is 1. The van der Waals surface area contributed by atoms with E-state index in [0.29, 0.717) is 10.9 Å². The van der Waals surface area contributed by atoms with E-state index in [2.05, 4.69) is 5.32 Å². The van der Waals surface area contributed by atoms with E-state index in [-0.39, 0.29) is 29.9 Å². The van der Waals surface area contributed by atoms with E-state index in [1.807, 2.05) is 6.92 Å². The van der Waals surface area contributed by atoms with Crippen LogP contribution in [-0.4, -0.2) is 29.6 Å². The van der Waals surface area contributed by atoms with Gasteiger partial charge in [0.15, 0.2) is 6.61 Å². The van der Waals surface area contributed by atoms with Crippen LogP contribution >= 0.6 is 11.6 Å². The van der Waals surface area contributed by atoms with E-state index in [1.54, 1.807) is 0 Å². The Kier molecular flexibility index (Phi) is 4.49. The summed E-state index contributed by atoms with van der Waals surface area (Å²) < 4.78 is 5.26. The number of carbonyl (C=O) groups is 2. The van der Waals surface area contributed by atoms with Crippen LogP contribution in [0.1, 0.15) is 30.1 Å². The Morgan fingerprint density at radius 2 is 2.20 bits per heavy atom. The van der Waals surface area contributed by atoms with Gasteiger partial charge in [0.25, 0.3) is 5.91 Å². The molecule has 1 aliphatic rings. The lowest BCUT2D eigenvalue weighted by molar-refractivity contribution is -0.123. The summed E-state index contributed by atoms with van der Waals surface area (Å²) in [5.41, 5.74) is -0.0163. The molecule has 1 amide bonds. The lowest BCUT2D eigenvalue weighted by Gasteiger charge is -2.14. The fourth-order valence-electron chi connectivity index (χ4n) is 1.95. The molecule has 6 heteroatoms. The summed E-state index contributed by atoms with van der Waals surface area (Å²) in [5, 5.41) is 12.2. The molecule has 0 aromatic heterocycles. The topological polar surface area (TPSA) is 75.6 Å². The molecule has 2 N–H and O–H groups in total. The van der Waals surface area contributed by atoms with Gasteiger partial charge in [0.1, 0.15) is 11.3 Å². The maximum atomic E-state index is 11.7. The fraction of sp³-hybridized carbons (Fsp3) is 0.429. The highest BCUT2D eigenvalue weighted by atomic mass is 35.5. The zero-order chi connectivity index (χ0) is 14.7. The maximum absolute atomic E-state index is 11.7. The number of carboxylic acids is 1. The summed E-state index contributed by atoms with van der Waals surface area (Å²) in [4.78, 5) is 22.7. The van der Waals surface area contributed by atoms with Crippen molar-refractivity contribution >= 4 is 23.5 Å². The van der Waals surface area contributed by atoms with Crippen LogP contribution in [-0.2, 0) is 4.79 Å². The molecule has 1 aromatic carbocycles. The predicted molar refractivity (Wildman–Crippen MR) is 74.2 cm³/mol. The number of nitrogens with one attached hydrogen (secondary N) is 1. The number of carbonyl (C=O) groups excluding carboxylic acids is 1. The fourth-order valence-corrected chi connectivity index (χ4v) is 2.11. The molecule has 1 aliphatic carbocycles. The zero-order valence-corrected chi connectivity index (χ0v) is 11.8. The van der Waals surface area contributed by atoms with Crippen molar-refractivity contribution < 1.29 is 19.4 Å². The van der Waals surface area contributed by atoms with Crippen LogP contribution in [0.2, 0.25) is 5.02 Å². The molecule has 0 aliphatic heterocycles. The van der Waals surface area contributed by atoms with Crippen LogP contribution in [0.25, 0.3) is 0 Å². The smallest absolute Gasteiger partial charge is 0.339 e. The average Bonchev–Trinajstić information content (AvgIpc) is 3.20. The van der Waals surface area contributed by atoms with Crippen molar-refractivity contribution in [2.45, 2.75) is 25.8 Å². The molecule has 108 valence electrons. The first-order valence-corrected chi connectivity index (χ1v) is 6.80. The quantitative estimate of drug-likeness (QED) is 0.845. The second-order valence-corrected chi connectivity index (χ2v) is 5.36. The predicted octanol–water partition coefficient (Wildman–Crippen LogP) is 2.33. The van der Waals surface area contributed by atoms with Crippen LogP contribution in [0, 0.1) is 5.92 Å². The SMILES string of the molecule is C[C@H](NC(=O)COc1cc(Cl)ccc1C(=O)O)C1CC1. The molecule has 1 saturated carbocycles. The first-order valence-electron chi connectivity index (χ1n) is 6.42. The van der Waals surface area contributed by atoms with Crippen LogP contribution in [0.5, 0.6) is 5.75 Å². The normalized spacial score (nSPS) is 15.5. The second-order valence-electron chi connectivity index (χ2n) is 4.93. The lowest BCUT2D eigenvalue weighted by Crippen LogP contribution is -2.37. The Bertz CT molecular complexity index is 528. The van der Waals surface area contributed by atoms with Crippen molar-refractivity contribution in [3.63, 3.8) is 0 Å². The van der Waals surface area contributed by atoms with Crippen molar-refractivity contribution in [2.75, 3.05) is 6.61 Å². The minimum absolute atomic E-state index is 0.0163. The highest BCUT2D eigenvalue weighted by Crippen LogP contribution is 2.32. The summed E-state index contributed by atoms with van der Waals surface area (Å²) in [7, 11) is 0. The maximum Gasteiger partial charge on any atom is 0.339 e. The average molecular weight is 298 g/mol. The summed E-state index contributed by atoms with van der Waals surface area (Å²) >= 11 is 5.80. The Hall–Kier alpha value is -1.75. The Morgan fingerprint density at radius 1 is 1.50 bits per heavy atom. The van der Waals surface area contributed by atoms with Gasteiger partial charge in [0.05, 0.1) is 0 Å². The minimum atomic E-state index is -1.12. The minimum Gasteiger partial charge on any atom is -0.483 e. The van der Waals surface area contributed by atoms with Gasteiger partial charge in [0, 0.05) is 11.1 Å². The number of rotatable bonds is 6. The number of ether oxygens (including phenoxy) is 1. The molecule has 0 saturated heterocycles. The van der Waals surface area contributed by atoms with Gasteiger partial charge >= 0.3 is 5.97 Å². The summed E-state index contributed by atoms with van der Waals surface area (Å²) in [6.45, 7) is 1.73. The van der Waals surface area contributed by atoms with Crippen molar-refractivity contribution in [3.8, 4) is 5.75 Å². The molecule has 0 bridgehead atoms. The molecule has 1 atom stereocenters. The number of halogens is 1. The molecule has 0 spiro atoms.